The lowest BCUT2D eigenvalue weighted by molar-refractivity contribution is -0.116. The molecular weight excluding hydrogens is 284 g/mol. The number of halogens is 1. The van der Waals surface area contributed by atoms with Crippen molar-refractivity contribution in [2.75, 3.05) is 11.9 Å². The lowest BCUT2D eigenvalue weighted by Gasteiger charge is -2.13. The Morgan fingerprint density at radius 3 is 2.88 bits per heavy atom. The van der Waals surface area contributed by atoms with E-state index < -0.39 is 0 Å². The first-order chi connectivity index (χ1) is 8.04. The molecule has 1 amide bonds. The third kappa shape index (κ3) is 4.36. The smallest absolute Gasteiger partial charge is 0.226 e. The van der Waals surface area contributed by atoms with E-state index in [4.69, 9.17) is 0 Å². The molecular formula is C12H17BrN2O2. The van der Waals surface area contributed by atoms with Crippen molar-refractivity contribution >= 4 is 27.5 Å². The van der Waals surface area contributed by atoms with E-state index in [-0.39, 0.29) is 17.7 Å². The number of hydrogen-bond acceptors (Lipinski definition) is 3. The van der Waals surface area contributed by atoms with Crippen LogP contribution < -0.4 is 10.6 Å². The second-order valence-corrected chi connectivity index (χ2v) is 4.70. The molecule has 0 radical (unpaired) electrons. The van der Waals surface area contributed by atoms with Gasteiger partial charge in [0.25, 0.3) is 0 Å². The van der Waals surface area contributed by atoms with Crippen molar-refractivity contribution in [2.24, 2.45) is 0 Å². The third-order valence-electron chi connectivity index (χ3n) is 2.31. The number of hydrogen-bond donors (Lipinski definition) is 3. The van der Waals surface area contributed by atoms with Gasteiger partial charge in [0.15, 0.2) is 5.75 Å². The Morgan fingerprint density at radius 2 is 2.24 bits per heavy atom. The van der Waals surface area contributed by atoms with Crippen LogP contribution in [0, 0.1) is 0 Å². The molecule has 0 heterocycles. The van der Waals surface area contributed by atoms with E-state index in [1.54, 1.807) is 18.2 Å². The fourth-order valence-electron chi connectivity index (χ4n) is 1.52. The van der Waals surface area contributed by atoms with Crippen LogP contribution in [-0.2, 0) is 4.79 Å². The number of anilines is 1. The lowest BCUT2D eigenvalue weighted by atomic mass is 10.2. The number of amides is 1. The number of carbonyl (C=O) groups is 1. The number of para-hydroxylation sites is 1. The highest BCUT2D eigenvalue weighted by molar-refractivity contribution is 9.10. The van der Waals surface area contributed by atoms with Gasteiger partial charge in [0.1, 0.15) is 0 Å². The molecule has 1 aromatic rings. The molecule has 0 saturated heterocycles. The Hall–Kier alpha value is -1.07. The molecule has 0 aliphatic carbocycles. The molecule has 0 spiro atoms. The van der Waals surface area contributed by atoms with Gasteiger partial charge in [-0.15, -0.1) is 0 Å². The maximum atomic E-state index is 11.7. The Kier molecular flexibility index (Phi) is 5.44. The second-order valence-electron chi connectivity index (χ2n) is 3.85. The minimum atomic E-state index is -0.119. The lowest BCUT2D eigenvalue weighted by Crippen LogP contribution is -2.30. The number of phenolic OH excluding ortho intramolecular Hbond substituents is 1. The van der Waals surface area contributed by atoms with E-state index >= 15 is 0 Å². The van der Waals surface area contributed by atoms with Crippen LogP contribution in [0.1, 0.15) is 20.3 Å². The first-order valence-electron chi connectivity index (χ1n) is 5.55. The SMILES string of the molecule is CCNC(C)CC(=O)Nc1cccc(Br)c1O. The van der Waals surface area contributed by atoms with Crippen LogP contribution in [0.3, 0.4) is 0 Å². The summed E-state index contributed by atoms with van der Waals surface area (Å²) in [6.45, 7) is 4.77. The normalized spacial score (nSPS) is 12.2. The monoisotopic (exact) mass is 300 g/mol. The first kappa shape index (κ1) is 14.0. The van der Waals surface area contributed by atoms with Crippen LogP contribution in [0.5, 0.6) is 5.75 Å². The van der Waals surface area contributed by atoms with Crippen molar-refractivity contribution in [1.29, 1.82) is 0 Å². The summed E-state index contributed by atoms with van der Waals surface area (Å²) < 4.78 is 0.565. The number of benzene rings is 1. The maximum absolute atomic E-state index is 11.7. The molecule has 3 N–H and O–H groups in total. The topological polar surface area (TPSA) is 61.4 Å². The maximum Gasteiger partial charge on any atom is 0.226 e. The molecule has 1 aromatic carbocycles. The standard InChI is InChI=1S/C12H17BrN2O2/c1-3-14-8(2)7-11(16)15-10-6-4-5-9(13)12(10)17/h4-6,8,14,17H,3,7H2,1-2H3,(H,15,16). The van der Waals surface area contributed by atoms with Gasteiger partial charge in [-0.2, -0.15) is 0 Å². The number of carbonyl (C=O) groups excluding carboxylic acids is 1. The molecule has 94 valence electrons. The predicted octanol–water partition coefficient (Wildman–Crippen LogP) is 2.48. The molecule has 17 heavy (non-hydrogen) atoms. The summed E-state index contributed by atoms with van der Waals surface area (Å²) >= 11 is 3.20. The average Bonchev–Trinajstić information content (AvgIpc) is 2.25. The van der Waals surface area contributed by atoms with Gasteiger partial charge in [-0.25, -0.2) is 0 Å². The fraction of sp³-hybridized carbons (Fsp3) is 0.417. The van der Waals surface area contributed by atoms with Crippen molar-refractivity contribution in [3.63, 3.8) is 0 Å². The van der Waals surface area contributed by atoms with Crippen LogP contribution in [0.4, 0.5) is 5.69 Å². The van der Waals surface area contributed by atoms with Gasteiger partial charge in [0.2, 0.25) is 5.91 Å². The van der Waals surface area contributed by atoms with Gasteiger partial charge in [-0.05, 0) is 41.5 Å². The Labute approximate surface area is 110 Å². The van der Waals surface area contributed by atoms with E-state index in [2.05, 4.69) is 26.6 Å². The van der Waals surface area contributed by atoms with Gasteiger partial charge in [0, 0.05) is 12.5 Å². The molecule has 0 saturated carbocycles. The number of nitrogens with one attached hydrogen (secondary N) is 2. The van der Waals surface area contributed by atoms with E-state index in [9.17, 15) is 9.90 Å². The minimum absolute atomic E-state index is 0.0527. The van der Waals surface area contributed by atoms with Crippen LogP contribution in [0.25, 0.3) is 0 Å². The van der Waals surface area contributed by atoms with E-state index in [1.165, 1.54) is 0 Å². The summed E-state index contributed by atoms with van der Waals surface area (Å²) in [6, 6.07) is 5.25. The van der Waals surface area contributed by atoms with E-state index in [0.717, 1.165) is 6.54 Å². The van der Waals surface area contributed by atoms with Crippen LogP contribution in [0.15, 0.2) is 22.7 Å². The fourth-order valence-corrected chi connectivity index (χ4v) is 1.88. The summed E-state index contributed by atoms with van der Waals surface area (Å²) in [4.78, 5) is 11.7. The first-order valence-corrected chi connectivity index (χ1v) is 6.34. The second kappa shape index (κ2) is 6.61. The van der Waals surface area contributed by atoms with Crippen LogP contribution in [0.2, 0.25) is 0 Å². The zero-order valence-corrected chi connectivity index (χ0v) is 11.5. The number of rotatable bonds is 5. The van der Waals surface area contributed by atoms with Gasteiger partial charge in [-0.3, -0.25) is 4.79 Å². The molecule has 4 nitrogen and oxygen atoms in total. The molecule has 0 aliphatic rings. The predicted molar refractivity (Wildman–Crippen MR) is 72.2 cm³/mol. The third-order valence-corrected chi connectivity index (χ3v) is 2.94. The number of phenols is 1. The summed E-state index contributed by atoms with van der Waals surface area (Å²) in [7, 11) is 0. The highest BCUT2D eigenvalue weighted by Crippen LogP contribution is 2.31. The summed E-state index contributed by atoms with van der Waals surface area (Å²) in [5.74, 6) is -0.0659. The van der Waals surface area contributed by atoms with E-state index in [1.807, 2.05) is 13.8 Å². The quantitative estimate of drug-likeness (QED) is 0.732. The van der Waals surface area contributed by atoms with Crippen molar-refractivity contribution in [2.45, 2.75) is 26.3 Å². The van der Waals surface area contributed by atoms with Crippen LogP contribution >= 0.6 is 15.9 Å². The molecule has 0 aliphatic heterocycles. The molecule has 0 fully saturated rings. The van der Waals surface area contributed by atoms with Crippen LogP contribution in [-0.4, -0.2) is 23.6 Å². The average molecular weight is 301 g/mol. The van der Waals surface area contributed by atoms with Crippen molar-refractivity contribution in [3.8, 4) is 5.75 Å². The molecule has 1 atom stereocenters. The Bertz CT molecular complexity index is 396. The Morgan fingerprint density at radius 1 is 1.53 bits per heavy atom. The molecule has 1 rings (SSSR count). The zero-order chi connectivity index (χ0) is 12.8. The van der Waals surface area contributed by atoms with Gasteiger partial charge in [-0.1, -0.05) is 13.0 Å². The minimum Gasteiger partial charge on any atom is -0.505 e. The van der Waals surface area contributed by atoms with Gasteiger partial charge in [0.05, 0.1) is 10.2 Å². The zero-order valence-electron chi connectivity index (χ0n) is 9.96. The molecule has 0 aromatic heterocycles. The summed E-state index contributed by atoms with van der Waals surface area (Å²) in [5, 5.41) is 15.5. The molecule has 1 unspecified atom stereocenters. The highest BCUT2D eigenvalue weighted by atomic mass is 79.9. The van der Waals surface area contributed by atoms with Crippen molar-refractivity contribution in [1.82, 2.24) is 5.32 Å². The van der Waals surface area contributed by atoms with Crippen molar-refractivity contribution < 1.29 is 9.90 Å². The van der Waals surface area contributed by atoms with Gasteiger partial charge < -0.3 is 15.7 Å². The number of aromatic hydroxyl groups is 1. The van der Waals surface area contributed by atoms with E-state index in [0.29, 0.717) is 16.6 Å². The largest absolute Gasteiger partial charge is 0.505 e. The van der Waals surface area contributed by atoms with Crippen molar-refractivity contribution in [3.05, 3.63) is 22.7 Å². The highest BCUT2D eigenvalue weighted by Gasteiger charge is 2.11. The molecule has 5 heteroatoms. The molecule has 0 bridgehead atoms. The van der Waals surface area contributed by atoms with Gasteiger partial charge >= 0.3 is 0 Å². The summed E-state index contributed by atoms with van der Waals surface area (Å²) in [6.07, 6.45) is 0.375. The Balaban J connectivity index is 2.59. The summed E-state index contributed by atoms with van der Waals surface area (Å²) in [5.41, 5.74) is 0.424.